The van der Waals surface area contributed by atoms with Gasteiger partial charge in [0.05, 0.1) is 6.04 Å². The third-order valence-corrected chi connectivity index (χ3v) is 7.41. The van der Waals surface area contributed by atoms with Crippen molar-refractivity contribution < 1.29 is 14.0 Å². The maximum absolute atomic E-state index is 12.5. The van der Waals surface area contributed by atoms with Gasteiger partial charge in [-0.25, -0.2) is 0 Å². The van der Waals surface area contributed by atoms with E-state index in [2.05, 4.69) is 105 Å². The molecule has 1 fully saturated rings. The Morgan fingerprint density at radius 1 is 1.11 bits per heavy atom. The molecule has 1 aromatic carbocycles. The third kappa shape index (κ3) is 19.9. The number of piperidine rings is 1. The Balaban J connectivity index is 0.000000600. The molecule has 3 aliphatic rings. The number of nitrogens with one attached hydrogen (secondary N) is 3. The van der Waals surface area contributed by atoms with E-state index in [9.17, 15) is 9.28 Å². The smallest absolute Gasteiger partial charge is 0.221 e. The van der Waals surface area contributed by atoms with Gasteiger partial charge in [0.1, 0.15) is 13.5 Å². The largest absolute Gasteiger partial charge is 0.369 e. The topological polar surface area (TPSA) is 72.1 Å². The van der Waals surface area contributed by atoms with Crippen LogP contribution in [0.15, 0.2) is 84.8 Å². The molecule has 2 aliphatic heterocycles. The van der Waals surface area contributed by atoms with Gasteiger partial charge in [0.25, 0.3) is 0 Å². The number of likely N-dealkylation sites (tertiary alicyclic amines) is 1. The van der Waals surface area contributed by atoms with Crippen LogP contribution in [0, 0.1) is 5.92 Å². The summed E-state index contributed by atoms with van der Waals surface area (Å²) in [5.41, 5.74) is 6.45. The summed E-state index contributed by atoms with van der Waals surface area (Å²) in [6, 6.07) is 8.50. The number of hydrogen-bond donors (Lipinski definition) is 3. The summed E-state index contributed by atoms with van der Waals surface area (Å²) in [7, 11) is 5.92. The van der Waals surface area contributed by atoms with Crippen molar-refractivity contribution in [2.24, 2.45) is 5.92 Å². The highest BCUT2D eigenvalue weighted by molar-refractivity contribution is 5.89. The van der Waals surface area contributed by atoms with Crippen LogP contribution in [-0.4, -0.2) is 81.2 Å². The lowest BCUT2D eigenvalue weighted by Crippen LogP contribution is -2.39. The first-order valence-electron chi connectivity index (χ1n) is 16.9. The number of allylic oxidation sites excluding steroid dienone is 3. The van der Waals surface area contributed by atoms with Gasteiger partial charge in [-0.05, 0) is 82.3 Å². The number of halogens is 1. The Morgan fingerprint density at radius 2 is 1.72 bits per heavy atom. The Morgan fingerprint density at radius 3 is 2.19 bits per heavy atom. The molecule has 1 aliphatic carbocycles. The van der Waals surface area contributed by atoms with Crippen molar-refractivity contribution in [3.63, 3.8) is 0 Å². The van der Waals surface area contributed by atoms with E-state index in [1.54, 1.807) is 0 Å². The molecule has 8 nitrogen and oxygen atoms in total. The SMILES string of the molecule is C=CCC.C=CN(F)COCN1CCC(C)CC1.CC1=CC2=CN(C)C2C(C)=C1.CCCc1ccccc1NC(C)=O.CNCNC. The van der Waals surface area contributed by atoms with Crippen molar-refractivity contribution in [2.45, 2.75) is 79.7 Å². The van der Waals surface area contributed by atoms with Crippen molar-refractivity contribution in [1.82, 2.24) is 25.6 Å². The first-order valence-corrected chi connectivity index (χ1v) is 16.9. The molecule has 1 saturated heterocycles. The number of amides is 1. The highest BCUT2D eigenvalue weighted by Crippen LogP contribution is 2.33. The second-order valence-corrected chi connectivity index (χ2v) is 12.0. The third-order valence-electron chi connectivity index (χ3n) is 7.41. The Bertz CT molecular complexity index is 1110. The minimum absolute atomic E-state index is 0.0106. The maximum Gasteiger partial charge on any atom is 0.221 e. The highest BCUT2D eigenvalue weighted by atomic mass is 19.2. The van der Waals surface area contributed by atoms with Crippen LogP contribution in [0.5, 0.6) is 0 Å². The number of likely N-dealkylation sites (N-methyl/N-ethyl adjacent to an activating group) is 1. The minimum atomic E-state index is -0.0322. The van der Waals surface area contributed by atoms with E-state index in [1.807, 2.05) is 38.4 Å². The molecule has 1 amide bonds. The van der Waals surface area contributed by atoms with Gasteiger partial charge < -0.3 is 25.6 Å². The second kappa shape index (κ2) is 26.8. The zero-order valence-corrected chi connectivity index (χ0v) is 30.9. The Hall–Kier alpha value is -3.24. The first-order chi connectivity index (χ1) is 22.5. The number of ether oxygens (including phenoxy) is 1. The zero-order chi connectivity index (χ0) is 35.6. The predicted molar refractivity (Wildman–Crippen MR) is 199 cm³/mol. The van der Waals surface area contributed by atoms with Crippen LogP contribution in [0.1, 0.15) is 72.8 Å². The average Bonchev–Trinajstić information content (AvgIpc) is 3.03. The van der Waals surface area contributed by atoms with Crippen LogP contribution < -0.4 is 16.0 Å². The summed E-state index contributed by atoms with van der Waals surface area (Å²) < 4.78 is 17.7. The molecule has 0 radical (unpaired) electrons. The Labute approximate surface area is 286 Å². The monoisotopic (exact) mass is 657 g/mol. The molecule has 0 aromatic heterocycles. The van der Waals surface area contributed by atoms with Crippen LogP contribution in [0.2, 0.25) is 0 Å². The first kappa shape index (κ1) is 43.8. The lowest BCUT2D eigenvalue weighted by Gasteiger charge is -2.40. The van der Waals surface area contributed by atoms with E-state index in [1.165, 1.54) is 42.0 Å². The van der Waals surface area contributed by atoms with Crippen LogP contribution >= 0.6 is 0 Å². The lowest BCUT2D eigenvalue weighted by atomic mass is 9.87. The summed E-state index contributed by atoms with van der Waals surface area (Å²) >= 11 is 0. The van der Waals surface area contributed by atoms with Gasteiger partial charge in [0.2, 0.25) is 5.91 Å². The van der Waals surface area contributed by atoms with E-state index in [-0.39, 0.29) is 12.6 Å². The molecule has 2 heterocycles. The zero-order valence-electron chi connectivity index (χ0n) is 30.9. The molecule has 0 saturated carbocycles. The number of rotatable bonds is 11. The minimum Gasteiger partial charge on any atom is -0.369 e. The number of fused-ring (bicyclic) bond motifs is 1. The number of anilines is 1. The molecule has 1 atom stereocenters. The number of hydrogen-bond acceptors (Lipinski definition) is 7. The molecule has 3 N–H and O–H groups in total. The van der Waals surface area contributed by atoms with E-state index in [4.69, 9.17) is 4.74 Å². The second-order valence-electron chi connectivity index (χ2n) is 12.0. The molecule has 0 bridgehead atoms. The summed E-state index contributed by atoms with van der Waals surface area (Å²) in [5.74, 6) is 0.806. The lowest BCUT2D eigenvalue weighted by molar-refractivity contribution is -0.114. The molecule has 1 unspecified atom stereocenters. The summed E-state index contributed by atoms with van der Waals surface area (Å²) in [4.78, 5) is 15.3. The quantitative estimate of drug-likeness (QED) is 0.129. The summed E-state index contributed by atoms with van der Waals surface area (Å²) in [6.07, 6.45) is 15.3. The number of carbonyl (C=O) groups excluding carboxylic acids is 1. The van der Waals surface area contributed by atoms with E-state index < -0.39 is 0 Å². The standard InChI is InChI=1S/C11H15NO.C10H19FN2O.C10H13N.C4H8.C3H10N2/c1-3-6-10-7-4-5-8-11(10)12-9(2)13;1-3-13(11)9-14-8-12-6-4-10(2)5-7-12;1-7-4-8(2)10-9(5-7)6-11(10)3;1-3-4-2;1-4-3-5-2/h4-5,7-8H,3,6H2,1-2H3,(H,12,13);3,10H,1,4-9H2,2H3;4-6,10H,1-3H3;3H,1,4H2,2H3;4-5H,3H2,1-2H3. The van der Waals surface area contributed by atoms with Crippen molar-refractivity contribution in [2.75, 3.05) is 59.7 Å². The van der Waals surface area contributed by atoms with Gasteiger partial charge in [0.15, 0.2) is 0 Å². The van der Waals surface area contributed by atoms with Crippen LogP contribution in [-0.2, 0) is 16.0 Å². The number of benzene rings is 1. The number of aryl methyl sites for hydroxylation is 1. The molecule has 47 heavy (non-hydrogen) atoms. The number of para-hydroxylation sites is 1. The molecular formula is C38H65FN6O2. The van der Waals surface area contributed by atoms with Crippen LogP contribution in [0.25, 0.3) is 0 Å². The van der Waals surface area contributed by atoms with E-state index >= 15 is 0 Å². The Kier molecular flexibility index (Phi) is 24.9. The molecule has 266 valence electrons. The average molecular weight is 657 g/mol. The van der Waals surface area contributed by atoms with Crippen molar-refractivity contribution >= 4 is 11.6 Å². The molecule has 4 rings (SSSR count). The molecular weight excluding hydrogens is 591 g/mol. The molecule has 9 heteroatoms. The van der Waals surface area contributed by atoms with Crippen molar-refractivity contribution in [3.8, 4) is 0 Å². The summed E-state index contributed by atoms with van der Waals surface area (Å²) in [6.45, 7) is 22.6. The predicted octanol–water partition coefficient (Wildman–Crippen LogP) is 7.63. The van der Waals surface area contributed by atoms with Gasteiger partial charge in [0, 0.05) is 51.8 Å². The highest BCUT2D eigenvalue weighted by Gasteiger charge is 2.28. The van der Waals surface area contributed by atoms with Crippen LogP contribution in [0.3, 0.4) is 0 Å². The van der Waals surface area contributed by atoms with Crippen LogP contribution in [0.4, 0.5) is 10.2 Å². The normalized spacial score (nSPS) is 16.5. The number of carbonyl (C=O) groups is 1. The van der Waals surface area contributed by atoms with E-state index in [0.717, 1.165) is 56.8 Å². The van der Waals surface area contributed by atoms with Gasteiger partial charge in [-0.3, -0.25) is 9.69 Å². The molecule has 0 spiro atoms. The van der Waals surface area contributed by atoms with Gasteiger partial charge >= 0.3 is 0 Å². The fourth-order valence-electron chi connectivity index (χ4n) is 4.97. The van der Waals surface area contributed by atoms with Gasteiger partial charge in [-0.2, -0.15) is 5.12 Å². The fourth-order valence-corrected chi connectivity index (χ4v) is 4.97. The molecule has 1 aromatic rings. The summed E-state index contributed by atoms with van der Waals surface area (Å²) in [5, 5.41) is 9.07. The fraction of sp³-hybridized carbons (Fsp3) is 0.553. The van der Waals surface area contributed by atoms with Gasteiger partial charge in [-0.15, -0.1) is 6.58 Å². The van der Waals surface area contributed by atoms with Crippen molar-refractivity contribution in [3.05, 3.63) is 90.3 Å². The van der Waals surface area contributed by atoms with Gasteiger partial charge in [-0.1, -0.05) is 80.3 Å². The van der Waals surface area contributed by atoms with E-state index in [0.29, 0.717) is 17.9 Å². The number of nitrogens with zero attached hydrogens (tertiary/aromatic N) is 3. The maximum atomic E-state index is 12.5. The van der Waals surface area contributed by atoms with Crippen molar-refractivity contribution in [1.29, 1.82) is 0 Å².